The van der Waals surface area contributed by atoms with Crippen molar-refractivity contribution in [1.29, 1.82) is 0 Å². The van der Waals surface area contributed by atoms with E-state index in [2.05, 4.69) is 27.6 Å². The first-order valence-corrected chi connectivity index (χ1v) is 5.89. The van der Waals surface area contributed by atoms with Gasteiger partial charge >= 0.3 is 0 Å². The second-order valence-corrected chi connectivity index (χ2v) is 4.91. The maximum Gasteiger partial charge on any atom is 0.206 e. The summed E-state index contributed by atoms with van der Waals surface area (Å²) >= 11 is 1.54. The maximum atomic E-state index is 5.14. The molecule has 1 N–H and O–H groups in total. The molecule has 1 atom stereocenters. The van der Waals surface area contributed by atoms with Crippen LogP contribution in [0.4, 0.5) is 5.13 Å². The van der Waals surface area contributed by atoms with Gasteiger partial charge in [0.1, 0.15) is 10.8 Å². The topological polar surface area (TPSA) is 63.8 Å². The molecule has 2 aromatic heterocycles. The molecule has 0 aliphatic rings. The zero-order chi connectivity index (χ0) is 11.7. The lowest BCUT2D eigenvalue weighted by atomic mass is 10.1. The second kappa shape index (κ2) is 4.21. The van der Waals surface area contributed by atoms with Gasteiger partial charge in [0.25, 0.3) is 0 Å². The lowest BCUT2D eigenvalue weighted by molar-refractivity contribution is 0.392. The minimum Gasteiger partial charge on any atom is -0.361 e. The van der Waals surface area contributed by atoms with Gasteiger partial charge in [-0.25, -0.2) is 0 Å². The molecule has 1 unspecified atom stereocenters. The molecule has 0 aliphatic heterocycles. The average Bonchev–Trinajstić information content (AvgIpc) is 2.74. The van der Waals surface area contributed by atoms with E-state index in [1.807, 2.05) is 20.8 Å². The van der Waals surface area contributed by atoms with E-state index in [1.54, 1.807) is 11.3 Å². The molecule has 0 spiro atoms. The fourth-order valence-electron chi connectivity index (χ4n) is 1.72. The molecular weight excluding hydrogens is 224 g/mol. The molecule has 5 nitrogen and oxygen atoms in total. The van der Waals surface area contributed by atoms with Gasteiger partial charge in [-0.2, -0.15) is 0 Å². The van der Waals surface area contributed by atoms with Crippen molar-refractivity contribution in [3.8, 4) is 0 Å². The summed E-state index contributed by atoms with van der Waals surface area (Å²) in [7, 11) is 0. The lowest BCUT2D eigenvalue weighted by Gasteiger charge is -2.11. The summed E-state index contributed by atoms with van der Waals surface area (Å²) in [5, 5.41) is 17.0. The quantitative estimate of drug-likeness (QED) is 0.890. The highest BCUT2D eigenvalue weighted by Gasteiger charge is 2.17. The third-order valence-corrected chi connectivity index (χ3v) is 3.16. The summed E-state index contributed by atoms with van der Waals surface area (Å²) in [6.07, 6.45) is 0. The third-order valence-electron chi connectivity index (χ3n) is 2.39. The van der Waals surface area contributed by atoms with Crippen LogP contribution < -0.4 is 5.32 Å². The van der Waals surface area contributed by atoms with Gasteiger partial charge < -0.3 is 9.84 Å². The van der Waals surface area contributed by atoms with Crippen molar-refractivity contribution in [3.63, 3.8) is 0 Å². The first kappa shape index (κ1) is 11.1. The van der Waals surface area contributed by atoms with Crippen LogP contribution in [-0.4, -0.2) is 15.4 Å². The summed E-state index contributed by atoms with van der Waals surface area (Å²) in [5.41, 5.74) is 2.01. The normalized spacial score (nSPS) is 12.8. The SMILES string of the molecule is Cc1nnc(NC(C)c2c(C)noc2C)s1. The van der Waals surface area contributed by atoms with Crippen LogP contribution in [-0.2, 0) is 0 Å². The standard InChI is InChI=1S/C10H14N4OS/c1-5(9-6(2)14-15-7(9)3)11-10-13-12-8(4)16-10/h5H,1-4H3,(H,11,13). The minimum absolute atomic E-state index is 0.124. The Bertz CT molecular complexity index is 471. The smallest absolute Gasteiger partial charge is 0.206 e. The summed E-state index contributed by atoms with van der Waals surface area (Å²) in [6.45, 7) is 7.85. The van der Waals surface area contributed by atoms with Crippen molar-refractivity contribution in [2.45, 2.75) is 33.7 Å². The highest BCUT2D eigenvalue weighted by molar-refractivity contribution is 7.15. The van der Waals surface area contributed by atoms with E-state index in [0.717, 1.165) is 27.2 Å². The van der Waals surface area contributed by atoms with Crippen LogP contribution in [0.3, 0.4) is 0 Å². The summed E-state index contributed by atoms with van der Waals surface area (Å²) in [5.74, 6) is 0.846. The van der Waals surface area contributed by atoms with E-state index < -0.39 is 0 Å². The van der Waals surface area contributed by atoms with E-state index >= 15 is 0 Å². The van der Waals surface area contributed by atoms with Gasteiger partial charge in [0.05, 0.1) is 11.7 Å². The number of anilines is 1. The molecule has 16 heavy (non-hydrogen) atoms. The average molecular weight is 238 g/mol. The van der Waals surface area contributed by atoms with Crippen molar-refractivity contribution < 1.29 is 4.52 Å². The van der Waals surface area contributed by atoms with E-state index in [0.29, 0.717) is 0 Å². The molecule has 0 saturated carbocycles. The van der Waals surface area contributed by atoms with Crippen LogP contribution in [0.5, 0.6) is 0 Å². The van der Waals surface area contributed by atoms with E-state index in [4.69, 9.17) is 4.52 Å². The van der Waals surface area contributed by atoms with Gasteiger partial charge in [0, 0.05) is 5.56 Å². The first-order chi connectivity index (χ1) is 7.58. The number of rotatable bonds is 3. The molecule has 6 heteroatoms. The molecule has 86 valence electrons. The van der Waals surface area contributed by atoms with Gasteiger partial charge in [0.2, 0.25) is 5.13 Å². The third kappa shape index (κ3) is 2.06. The zero-order valence-corrected chi connectivity index (χ0v) is 10.6. The Hall–Kier alpha value is -1.43. The largest absolute Gasteiger partial charge is 0.361 e. The second-order valence-electron chi connectivity index (χ2n) is 3.73. The van der Waals surface area contributed by atoms with Gasteiger partial charge in [-0.3, -0.25) is 0 Å². The molecule has 2 aromatic rings. The molecule has 2 rings (SSSR count). The number of aromatic nitrogens is 3. The van der Waals surface area contributed by atoms with Crippen LogP contribution in [0, 0.1) is 20.8 Å². The number of nitrogens with zero attached hydrogens (tertiary/aromatic N) is 3. The number of aryl methyl sites for hydroxylation is 3. The monoisotopic (exact) mass is 238 g/mol. The predicted molar refractivity (Wildman–Crippen MR) is 62.7 cm³/mol. The predicted octanol–water partition coefficient (Wildman–Crippen LogP) is 2.62. The summed E-state index contributed by atoms with van der Waals surface area (Å²) in [6, 6.07) is 0.124. The Balaban J connectivity index is 2.17. The molecule has 0 saturated heterocycles. The van der Waals surface area contributed by atoms with Gasteiger partial charge in [0.15, 0.2) is 0 Å². The van der Waals surface area contributed by atoms with Crippen molar-refractivity contribution in [3.05, 3.63) is 22.0 Å². The van der Waals surface area contributed by atoms with Crippen LogP contribution in [0.2, 0.25) is 0 Å². The Morgan fingerprint density at radius 1 is 1.25 bits per heavy atom. The Morgan fingerprint density at radius 2 is 2.00 bits per heavy atom. The fourth-order valence-corrected chi connectivity index (χ4v) is 2.40. The van der Waals surface area contributed by atoms with E-state index in [-0.39, 0.29) is 6.04 Å². The number of nitrogens with one attached hydrogen (secondary N) is 1. The highest BCUT2D eigenvalue weighted by atomic mass is 32.1. The van der Waals surface area contributed by atoms with Crippen molar-refractivity contribution >= 4 is 16.5 Å². The molecule has 0 amide bonds. The maximum absolute atomic E-state index is 5.14. The molecular formula is C10H14N4OS. The van der Waals surface area contributed by atoms with Crippen molar-refractivity contribution in [1.82, 2.24) is 15.4 Å². The first-order valence-electron chi connectivity index (χ1n) is 5.07. The van der Waals surface area contributed by atoms with Gasteiger partial charge in [-0.1, -0.05) is 16.5 Å². The highest BCUT2D eigenvalue weighted by Crippen LogP contribution is 2.26. The fraction of sp³-hybridized carbons (Fsp3) is 0.500. The summed E-state index contributed by atoms with van der Waals surface area (Å²) < 4.78 is 5.14. The molecule has 0 fully saturated rings. The molecule has 0 bridgehead atoms. The molecule has 2 heterocycles. The van der Waals surface area contributed by atoms with Gasteiger partial charge in [-0.05, 0) is 27.7 Å². The molecule has 0 radical (unpaired) electrons. The number of hydrogen-bond acceptors (Lipinski definition) is 6. The summed E-state index contributed by atoms with van der Waals surface area (Å²) in [4.78, 5) is 0. The van der Waals surface area contributed by atoms with Crippen molar-refractivity contribution in [2.75, 3.05) is 5.32 Å². The Labute approximate surface area is 97.9 Å². The van der Waals surface area contributed by atoms with E-state index in [1.165, 1.54) is 0 Å². The van der Waals surface area contributed by atoms with Crippen LogP contribution in [0.1, 0.15) is 35.0 Å². The van der Waals surface area contributed by atoms with E-state index in [9.17, 15) is 0 Å². The Morgan fingerprint density at radius 3 is 2.50 bits per heavy atom. The zero-order valence-electron chi connectivity index (χ0n) is 9.74. The lowest BCUT2D eigenvalue weighted by Crippen LogP contribution is -2.08. The van der Waals surface area contributed by atoms with Gasteiger partial charge in [-0.15, -0.1) is 10.2 Å². The van der Waals surface area contributed by atoms with Crippen molar-refractivity contribution in [2.24, 2.45) is 0 Å². The molecule has 0 aliphatic carbocycles. The van der Waals surface area contributed by atoms with Crippen LogP contribution >= 0.6 is 11.3 Å². The minimum atomic E-state index is 0.124. The Kier molecular flexibility index (Phi) is 2.91. The number of hydrogen-bond donors (Lipinski definition) is 1. The van der Waals surface area contributed by atoms with Crippen LogP contribution in [0.25, 0.3) is 0 Å². The van der Waals surface area contributed by atoms with Crippen LogP contribution in [0.15, 0.2) is 4.52 Å². The molecule has 0 aromatic carbocycles.